The monoisotopic (exact) mass is 250 g/mol. The number of hydrogen-bond donors (Lipinski definition) is 0. The third kappa shape index (κ3) is 3.01. The molecule has 2 rings (SSSR count). The topological polar surface area (TPSA) is 27.1 Å². The van der Waals surface area contributed by atoms with Crippen molar-refractivity contribution in [3.63, 3.8) is 0 Å². The first-order valence-corrected chi connectivity index (χ1v) is 5.95. The number of aromatic nitrogens is 2. The van der Waals surface area contributed by atoms with Gasteiger partial charge in [-0.15, -0.1) is 0 Å². The van der Waals surface area contributed by atoms with E-state index in [-0.39, 0.29) is 0 Å². The van der Waals surface area contributed by atoms with Crippen LogP contribution in [0.15, 0.2) is 36.7 Å². The first kappa shape index (κ1) is 12.0. The van der Waals surface area contributed by atoms with Crippen molar-refractivity contribution in [2.75, 3.05) is 0 Å². The molecule has 0 radical (unpaired) electrons. The van der Waals surface area contributed by atoms with Crippen molar-refractivity contribution in [2.45, 2.75) is 26.5 Å². The summed E-state index contributed by atoms with van der Waals surface area (Å²) in [6.45, 7) is 4.61. The minimum Gasteiger partial charge on any atom is -0.486 e. The van der Waals surface area contributed by atoms with Gasteiger partial charge >= 0.3 is 0 Å². The van der Waals surface area contributed by atoms with Gasteiger partial charge in [0.1, 0.15) is 6.61 Å². The molecule has 0 amide bonds. The van der Waals surface area contributed by atoms with Gasteiger partial charge < -0.3 is 4.74 Å². The summed E-state index contributed by atoms with van der Waals surface area (Å²) in [5.74, 6) is 0.763. The van der Waals surface area contributed by atoms with Gasteiger partial charge in [0.2, 0.25) is 0 Å². The minimum atomic E-state index is 0.340. The molecule has 0 fully saturated rings. The van der Waals surface area contributed by atoms with Gasteiger partial charge in [-0.05, 0) is 19.9 Å². The van der Waals surface area contributed by atoms with E-state index in [1.54, 1.807) is 6.20 Å². The summed E-state index contributed by atoms with van der Waals surface area (Å²) >= 11 is 6.05. The van der Waals surface area contributed by atoms with Gasteiger partial charge in [0, 0.05) is 16.6 Å². The van der Waals surface area contributed by atoms with E-state index in [2.05, 4.69) is 18.9 Å². The number of halogens is 1. The number of rotatable bonds is 4. The van der Waals surface area contributed by atoms with Crippen LogP contribution in [0.4, 0.5) is 0 Å². The molecule has 0 spiro atoms. The van der Waals surface area contributed by atoms with Crippen molar-refractivity contribution >= 4 is 11.6 Å². The van der Waals surface area contributed by atoms with E-state index in [1.807, 2.05) is 35.1 Å². The Morgan fingerprint density at radius 3 is 2.76 bits per heavy atom. The average Bonchev–Trinajstić information content (AvgIpc) is 2.77. The zero-order valence-electron chi connectivity index (χ0n) is 9.93. The molecule has 0 unspecified atom stereocenters. The maximum Gasteiger partial charge on any atom is 0.157 e. The summed E-state index contributed by atoms with van der Waals surface area (Å²) in [6.07, 6.45) is 3.61. The summed E-state index contributed by atoms with van der Waals surface area (Å²) in [7, 11) is 0. The Balaban J connectivity index is 2.00. The average molecular weight is 251 g/mol. The lowest BCUT2D eigenvalue weighted by atomic mass is 10.2. The van der Waals surface area contributed by atoms with Gasteiger partial charge in [0.05, 0.1) is 12.4 Å². The fourth-order valence-corrected chi connectivity index (χ4v) is 1.64. The normalized spacial score (nSPS) is 10.8. The second-order valence-electron chi connectivity index (χ2n) is 4.13. The zero-order valence-corrected chi connectivity index (χ0v) is 10.7. The van der Waals surface area contributed by atoms with Crippen molar-refractivity contribution in [2.24, 2.45) is 0 Å². The van der Waals surface area contributed by atoms with Crippen molar-refractivity contribution in [3.8, 4) is 5.75 Å². The van der Waals surface area contributed by atoms with E-state index in [4.69, 9.17) is 16.3 Å². The lowest BCUT2D eigenvalue weighted by Crippen LogP contribution is -2.00. The predicted octanol–water partition coefficient (Wildman–Crippen LogP) is 3.70. The molecular formula is C13H15ClN2O. The fourth-order valence-electron chi connectivity index (χ4n) is 1.45. The van der Waals surface area contributed by atoms with E-state index >= 15 is 0 Å². The maximum atomic E-state index is 6.05. The first-order chi connectivity index (χ1) is 8.16. The summed E-state index contributed by atoms with van der Waals surface area (Å²) < 4.78 is 7.50. The first-order valence-electron chi connectivity index (χ1n) is 5.57. The largest absolute Gasteiger partial charge is 0.486 e. The third-order valence-electron chi connectivity index (χ3n) is 2.46. The summed E-state index contributed by atoms with van der Waals surface area (Å²) in [6, 6.07) is 8.00. The predicted molar refractivity (Wildman–Crippen MR) is 68.4 cm³/mol. The smallest absolute Gasteiger partial charge is 0.157 e. The number of ether oxygens (including phenoxy) is 1. The van der Waals surface area contributed by atoms with Crippen LogP contribution in [0.25, 0.3) is 0 Å². The highest BCUT2D eigenvalue weighted by Crippen LogP contribution is 2.18. The Kier molecular flexibility index (Phi) is 3.69. The highest BCUT2D eigenvalue weighted by atomic mass is 35.5. The molecule has 0 bridgehead atoms. The van der Waals surface area contributed by atoms with E-state index < -0.39 is 0 Å². The molecule has 0 saturated carbocycles. The fraction of sp³-hybridized carbons (Fsp3) is 0.308. The highest BCUT2D eigenvalue weighted by molar-refractivity contribution is 6.31. The van der Waals surface area contributed by atoms with Crippen LogP contribution in [0.2, 0.25) is 5.02 Å². The Hall–Kier alpha value is -1.48. The summed E-state index contributed by atoms with van der Waals surface area (Å²) in [5.41, 5.74) is 0.978. The molecule has 1 heterocycles. The van der Waals surface area contributed by atoms with Crippen LogP contribution >= 0.6 is 11.6 Å². The Morgan fingerprint density at radius 2 is 2.12 bits per heavy atom. The van der Waals surface area contributed by atoms with E-state index in [1.165, 1.54) is 0 Å². The van der Waals surface area contributed by atoms with Crippen molar-refractivity contribution in [1.82, 2.24) is 9.78 Å². The third-order valence-corrected chi connectivity index (χ3v) is 2.83. The van der Waals surface area contributed by atoms with Crippen LogP contribution < -0.4 is 4.74 Å². The second-order valence-corrected chi connectivity index (χ2v) is 4.54. The molecular weight excluding hydrogens is 236 g/mol. The van der Waals surface area contributed by atoms with Crippen LogP contribution in [0.5, 0.6) is 5.75 Å². The standard InChI is InChI=1S/C13H15ClN2O/c1-10(2)16-8-12(7-15-16)17-9-11-5-3-4-6-13(11)14/h3-8,10H,9H2,1-2H3. The van der Waals surface area contributed by atoms with Gasteiger partial charge in [0.15, 0.2) is 5.75 Å². The number of hydrogen-bond acceptors (Lipinski definition) is 2. The van der Waals surface area contributed by atoms with Gasteiger partial charge in [-0.25, -0.2) is 0 Å². The van der Waals surface area contributed by atoms with Crippen molar-refractivity contribution in [3.05, 3.63) is 47.2 Å². The summed E-state index contributed by atoms with van der Waals surface area (Å²) in [5, 5.41) is 4.93. The van der Waals surface area contributed by atoms with E-state index in [9.17, 15) is 0 Å². The molecule has 3 nitrogen and oxygen atoms in total. The molecule has 0 N–H and O–H groups in total. The molecule has 1 aromatic heterocycles. The molecule has 0 aliphatic carbocycles. The van der Waals surface area contributed by atoms with Crippen LogP contribution in [0.1, 0.15) is 25.5 Å². The molecule has 90 valence electrons. The van der Waals surface area contributed by atoms with Crippen LogP contribution in [-0.2, 0) is 6.61 Å². The van der Waals surface area contributed by atoms with E-state index in [0.29, 0.717) is 12.6 Å². The molecule has 1 aromatic carbocycles. The Morgan fingerprint density at radius 1 is 1.35 bits per heavy atom. The SMILES string of the molecule is CC(C)n1cc(OCc2ccccc2Cl)cn1. The molecule has 0 aliphatic rings. The lowest BCUT2D eigenvalue weighted by Gasteiger charge is -2.06. The Labute approximate surface area is 106 Å². The van der Waals surface area contributed by atoms with Crippen LogP contribution in [-0.4, -0.2) is 9.78 Å². The quantitative estimate of drug-likeness (QED) is 0.827. The highest BCUT2D eigenvalue weighted by Gasteiger charge is 2.04. The molecule has 0 aliphatic heterocycles. The molecule has 2 aromatic rings. The molecule has 17 heavy (non-hydrogen) atoms. The minimum absolute atomic E-state index is 0.340. The lowest BCUT2D eigenvalue weighted by molar-refractivity contribution is 0.305. The zero-order chi connectivity index (χ0) is 12.3. The second kappa shape index (κ2) is 5.23. The molecule has 0 atom stereocenters. The van der Waals surface area contributed by atoms with Gasteiger partial charge in [-0.1, -0.05) is 29.8 Å². The maximum absolute atomic E-state index is 6.05. The van der Waals surface area contributed by atoms with Gasteiger partial charge in [-0.3, -0.25) is 4.68 Å². The van der Waals surface area contributed by atoms with Crippen LogP contribution in [0, 0.1) is 0 Å². The summed E-state index contributed by atoms with van der Waals surface area (Å²) in [4.78, 5) is 0. The van der Waals surface area contributed by atoms with Gasteiger partial charge in [0.25, 0.3) is 0 Å². The Bertz CT molecular complexity index is 494. The van der Waals surface area contributed by atoms with Crippen LogP contribution in [0.3, 0.4) is 0 Å². The van der Waals surface area contributed by atoms with E-state index in [0.717, 1.165) is 16.3 Å². The number of nitrogens with zero attached hydrogens (tertiary/aromatic N) is 2. The van der Waals surface area contributed by atoms with Crippen molar-refractivity contribution < 1.29 is 4.74 Å². The van der Waals surface area contributed by atoms with Crippen molar-refractivity contribution in [1.29, 1.82) is 0 Å². The van der Waals surface area contributed by atoms with Gasteiger partial charge in [-0.2, -0.15) is 5.10 Å². The molecule has 0 saturated heterocycles. The molecule has 4 heteroatoms. The number of benzene rings is 1.